The fraction of sp³-hybridized carbons (Fsp3) is 0.639. The van der Waals surface area contributed by atoms with Crippen LogP contribution in [0.5, 0.6) is 0 Å². The van der Waals surface area contributed by atoms with Crippen LogP contribution < -0.4 is 26.6 Å². The van der Waals surface area contributed by atoms with E-state index in [2.05, 4.69) is 26.6 Å². The van der Waals surface area contributed by atoms with Crippen molar-refractivity contribution >= 4 is 41.5 Å². The summed E-state index contributed by atoms with van der Waals surface area (Å²) in [6.45, 7) is 10.6. The molecule has 0 aromatic carbocycles. The number of rotatable bonds is 18. The first-order chi connectivity index (χ1) is 23.6. The lowest BCUT2D eigenvalue weighted by Crippen LogP contribution is -2.58. The molecule has 0 spiro atoms. The Labute approximate surface area is 294 Å². The fourth-order valence-electron chi connectivity index (χ4n) is 5.77. The molecule has 0 radical (unpaired) electrons. The Bertz CT molecular complexity index is 1330. The minimum absolute atomic E-state index is 0.0463. The lowest BCUT2D eigenvalue weighted by molar-refractivity contribution is -0.141. The maximum atomic E-state index is 13.7. The molecule has 0 saturated heterocycles. The molecule has 2 aliphatic carbocycles. The molecule has 14 heteroatoms. The first-order valence-electron chi connectivity index (χ1n) is 17.5. The van der Waals surface area contributed by atoms with Crippen LogP contribution >= 0.6 is 0 Å². The first-order valence-corrected chi connectivity index (χ1v) is 17.5. The normalized spacial score (nSPS) is 17.4. The molecule has 3 atom stereocenters. The smallest absolute Gasteiger partial charge is 0.407 e. The van der Waals surface area contributed by atoms with Crippen molar-refractivity contribution < 1.29 is 43.4 Å². The second kappa shape index (κ2) is 20.9. The Balaban J connectivity index is 2.15. The molecule has 0 aromatic heterocycles. The zero-order valence-corrected chi connectivity index (χ0v) is 30.1. The highest BCUT2D eigenvalue weighted by Gasteiger charge is 2.36. The number of ether oxygens (including phenoxy) is 1. The van der Waals surface area contributed by atoms with E-state index in [4.69, 9.17) is 4.74 Å². The predicted molar refractivity (Wildman–Crippen MR) is 186 cm³/mol. The summed E-state index contributed by atoms with van der Waals surface area (Å²) in [7, 11) is 0. The number of ketones is 1. The Kier molecular flexibility index (Phi) is 17.4. The monoisotopic (exact) mass is 701 g/mol. The summed E-state index contributed by atoms with van der Waals surface area (Å²) in [6.07, 6.45) is 10.8. The summed E-state index contributed by atoms with van der Waals surface area (Å²) in [5.74, 6) is -5.77. The van der Waals surface area contributed by atoms with Crippen LogP contribution in [0.25, 0.3) is 0 Å². The van der Waals surface area contributed by atoms with Gasteiger partial charge in [0.25, 0.3) is 5.91 Å². The molecule has 0 heterocycles. The molecule has 2 rings (SSSR count). The number of aliphatic carboxylic acids is 1. The molecular formula is C36H55N5O9. The van der Waals surface area contributed by atoms with Crippen molar-refractivity contribution in [2.45, 2.75) is 111 Å². The van der Waals surface area contributed by atoms with Crippen LogP contribution in [-0.4, -0.2) is 77.9 Å². The van der Waals surface area contributed by atoms with Gasteiger partial charge in [-0.1, -0.05) is 85.1 Å². The number of carbonyl (C=O) groups excluding carboxylic acids is 6. The van der Waals surface area contributed by atoms with Crippen molar-refractivity contribution in [1.29, 1.82) is 0 Å². The number of hydrogen-bond donors (Lipinski definition) is 6. The van der Waals surface area contributed by atoms with E-state index in [1.54, 1.807) is 38.2 Å². The molecule has 2 aliphatic rings. The lowest BCUT2D eigenvalue weighted by atomic mass is 9.83. The SMILES string of the molecule is CC(C)COC(=O)N[C@H](C(=O)N[C@@H](CC(C)C)C(=O)NC(CC(C)C)C(=O)C(=O)NCC(=O)NC(C(=O)O)=C1C=CC=CC1)C1CCCCC1. The minimum Gasteiger partial charge on any atom is -0.477 e. The second-order valence-corrected chi connectivity index (χ2v) is 14.2. The number of alkyl carbamates (subject to hydrolysis) is 1. The zero-order chi connectivity index (χ0) is 37.4. The van der Waals surface area contributed by atoms with Gasteiger partial charge < -0.3 is 36.4 Å². The second-order valence-electron chi connectivity index (χ2n) is 14.2. The van der Waals surface area contributed by atoms with E-state index in [1.165, 1.54) is 0 Å². The first kappa shape index (κ1) is 41.7. The van der Waals surface area contributed by atoms with E-state index in [0.29, 0.717) is 12.0 Å². The highest BCUT2D eigenvalue weighted by Crippen LogP contribution is 2.27. The van der Waals surface area contributed by atoms with Crippen LogP contribution in [0.2, 0.25) is 0 Å². The van der Waals surface area contributed by atoms with Crippen LogP contribution in [0.15, 0.2) is 35.6 Å². The number of nitrogens with one attached hydrogen (secondary N) is 5. The zero-order valence-electron chi connectivity index (χ0n) is 30.1. The standard InChI is InChI=1S/C36H55N5O9/c1-21(2)17-26(31(43)34(46)37-19-28(42)40-30(35(47)48)25-15-11-8-12-16-25)38-32(44)27(18-22(3)4)39-33(45)29(24-13-9-7-10-14-24)41-36(49)50-20-23(5)6/h8,11-12,15,21-24,26-27,29H,7,9-10,13-14,16-20H2,1-6H3,(H,37,46)(H,38,44)(H,39,45)(H,40,42)(H,41,49)(H,47,48)/t26?,27-,29-/m0/s1. The van der Waals surface area contributed by atoms with Gasteiger partial charge in [0.2, 0.25) is 23.5 Å². The van der Waals surface area contributed by atoms with Gasteiger partial charge in [0.15, 0.2) is 0 Å². The third-order valence-corrected chi connectivity index (χ3v) is 8.22. The van der Waals surface area contributed by atoms with Crippen molar-refractivity contribution in [2.24, 2.45) is 23.7 Å². The van der Waals surface area contributed by atoms with E-state index in [9.17, 15) is 38.7 Å². The summed E-state index contributed by atoms with van der Waals surface area (Å²) in [4.78, 5) is 90.4. The average molecular weight is 702 g/mol. The Hall–Kier alpha value is -4.49. The third kappa shape index (κ3) is 14.6. The molecule has 1 unspecified atom stereocenters. The fourth-order valence-corrected chi connectivity index (χ4v) is 5.77. The van der Waals surface area contributed by atoms with Crippen LogP contribution in [-0.2, 0) is 33.5 Å². The van der Waals surface area contributed by atoms with E-state index in [-0.39, 0.29) is 48.8 Å². The molecule has 50 heavy (non-hydrogen) atoms. The topological polar surface area (TPSA) is 209 Å². The lowest BCUT2D eigenvalue weighted by Gasteiger charge is -2.31. The van der Waals surface area contributed by atoms with Gasteiger partial charge in [-0.25, -0.2) is 9.59 Å². The number of carbonyl (C=O) groups is 7. The van der Waals surface area contributed by atoms with E-state index in [1.807, 2.05) is 27.7 Å². The highest BCUT2D eigenvalue weighted by molar-refractivity contribution is 6.38. The van der Waals surface area contributed by atoms with Crippen LogP contribution in [0.1, 0.15) is 92.9 Å². The quantitative estimate of drug-likeness (QED) is 0.0915. The van der Waals surface area contributed by atoms with Crippen molar-refractivity contribution in [3.05, 3.63) is 35.6 Å². The third-order valence-electron chi connectivity index (χ3n) is 8.22. The van der Waals surface area contributed by atoms with Crippen molar-refractivity contribution in [2.75, 3.05) is 13.2 Å². The van der Waals surface area contributed by atoms with Gasteiger partial charge in [0.1, 0.15) is 17.8 Å². The number of amides is 5. The maximum absolute atomic E-state index is 13.7. The molecule has 0 bridgehead atoms. The van der Waals surface area contributed by atoms with Crippen LogP contribution in [0.4, 0.5) is 4.79 Å². The van der Waals surface area contributed by atoms with Gasteiger partial charge in [0, 0.05) is 0 Å². The van der Waals surface area contributed by atoms with E-state index >= 15 is 0 Å². The summed E-state index contributed by atoms with van der Waals surface area (Å²) >= 11 is 0. The van der Waals surface area contributed by atoms with E-state index in [0.717, 1.165) is 32.1 Å². The number of carboxylic acids is 1. The van der Waals surface area contributed by atoms with Gasteiger partial charge in [-0.3, -0.25) is 24.0 Å². The van der Waals surface area contributed by atoms with Gasteiger partial charge >= 0.3 is 12.1 Å². The van der Waals surface area contributed by atoms with E-state index < -0.39 is 66.1 Å². The molecule has 1 fully saturated rings. The minimum atomic E-state index is -1.36. The summed E-state index contributed by atoms with van der Waals surface area (Å²) < 4.78 is 5.28. The van der Waals surface area contributed by atoms with Gasteiger partial charge in [0.05, 0.1) is 19.2 Å². The number of hydrogen-bond acceptors (Lipinski definition) is 8. The Morgan fingerprint density at radius 2 is 1.42 bits per heavy atom. The predicted octanol–water partition coefficient (Wildman–Crippen LogP) is 3.04. The van der Waals surface area contributed by atoms with Crippen molar-refractivity contribution in [1.82, 2.24) is 26.6 Å². The molecule has 5 amide bonds. The summed E-state index contributed by atoms with van der Waals surface area (Å²) in [5, 5.41) is 22.2. The largest absolute Gasteiger partial charge is 0.477 e. The van der Waals surface area contributed by atoms with Gasteiger partial charge in [-0.2, -0.15) is 0 Å². The molecule has 0 aromatic rings. The molecule has 14 nitrogen and oxygen atoms in total. The van der Waals surface area contributed by atoms with Crippen molar-refractivity contribution in [3.8, 4) is 0 Å². The average Bonchev–Trinajstić information content (AvgIpc) is 3.06. The Morgan fingerprint density at radius 1 is 0.800 bits per heavy atom. The molecule has 1 saturated carbocycles. The molecular weight excluding hydrogens is 646 g/mol. The summed E-state index contributed by atoms with van der Waals surface area (Å²) in [6, 6.07) is -3.28. The van der Waals surface area contributed by atoms with Crippen LogP contribution in [0.3, 0.4) is 0 Å². The number of carboxylic acid groups (broad SMARTS) is 1. The molecule has 278 valence electrons. The van der Waals surface area contributed by atoms with Gasteiger partial charge in [-0.15, -0.1) is 0 Å². The molecule has 6 N–H and O–H groups in total. The number of Topliss-reactive ketones (excluding diaryl/α,β-unsaturated/α-hetero) is 1. The maximum Gasteiger partial charge on any atom is 0.407 e. The highest BCUT2D eigenvalue weighted by atomic mass is 16.5. The number of allylic oxidation sites excluding steroid dienone is 5. The molecule has 0 aliphatic heterocycles. The van der Waals surface area contributed by atoms with Crippen LogP contribution in [0, 0.1) is 23.7 Å². The van der Waals surface area contributed by atoms with Crippen molar-refractivity contribution in [3.63, 3.8) is 0 Å². The Morgan fingerprint density at radius 3 is 1.98 bits per heavy atom. The summed E-state index contributed by atoms with van der Waals surface area (Å²) in [5.41, 5.74) is 0.0261. The van der Waals surface area contributed by atoms with Gasteiger partial charge in [-0.05, 0) is 61.3 Å².